The van der Waals surface area contributed by atoms with Crippen LogP contribution in [-0.2, 0) is 9.63 Å². The van der Waals surface area contributed by atoms with Crippen molar-refractivity contribution in [3.63, 3.8) is 0 Å². The van der Waals surface area contributed by atoms with Gasteiger partial charge in [0.25, 0.3) is 5.91 Å². The molecule has 0 radical (unpaired) electrons. The third kappa shape index (κ3) is 1.69. The average molecular weight is 184 g/mol. The molecular weight excluding hydrogens is 168 g/mol. The minimum atomic E-state index is -0.0266. The van der Waals surface area contributed by atoms with E-state index in [0.717, 1.165) is 0 Å². The maximum Gasteiger partial charge on any atom is 0.257 e. The van der Waals surface area contributed by atoms with E-state index in [9.17, 15) is 4.79 Å². The highest BCUT2D eigenvalue weighted by molar-refractivity contribution is 5.77. The fourth-order valence-electron chi connectivity index (χ4n) is 2.59. The summed E-state index contributed by atoms with van der Waals surface area (Å²) in [7, 11) is 1.47. The van der Waals surface area contributed by atoms with E-state index in [2.05, 4.69) is 15.2 Å². The molecule has 0 aromatic rings. The van der Waals surface area contributed by atoms with Crippen molar-refractivity contribution in [1.82, 2.24) is 10.4 Å². The number of amides is 1. The van der Waals surface area contributed by atoms with E-state index >= 15 is 0 Å². The van der Waals surface area contributed by atoms with Gasteiger partial charge in [-0.2, -0.15) is 0 Å². The molecule has 2 heterocycles. The first kappa shape index (κ1) is 8.97. The number of fused-ring (bicyclic) bond motifs is 2. The van der Waals surface area contributed by atoms with Crippen molar-refractivity contribution in [2.24, 2.45) is 0 Å². The van der Waals surface area contributed by atoms with Gasteiger partial charge in [-0.1, -0.05) is 0 Å². The fraction of sp³-hybridized carbons (Fsp3) is 0.889. The Morgan fingerprint density at radius 1 is 1.38 bits per heavy atom. The van der Waals surface area contributed by atoms with Crippen molar-refractivity contribution >= 4 is 5.91 Å². The van der Waals surface area contributed by atoms with Crippen molar-refractivity contribution in [2.75, 3.05) is 13.7 Å². The molecule has 2 aliphatic rings. The van der Waals surface area contributed by atoms with Crippen molar-refractivity contribution in [3.8, 4) is 0 Å². The van der Waals surface area contributed by atoms with Gasteiger partial charge in [0, 0.05) is 12.1 Å². The second-order valence-electron chi connectivity index (χ2n) is 3.86. The van der Waals surface area contributed by atoms with Gasteiger partial charge in [-0.3, -0.25) is 14.5 Å². The van der Waals surface area contributed by atoms with Gasteiger partial charge < -0.3 is 0 Å². The lowest BCUT2D eigenvalue weighted by Crippen LogP contribution is -2.39. The van der Waals surface area contributed by atoms with E-state index < -0.39 is 0 Å². The summed E-state index contributed by atoms with van der Waals surface area (Å²) in [6.45, 7) is 0.503. The average Bonchev–Trinajstić information content (AvgIpc) is 2.65. The number of hydrogen-bond donors (Lipinski definition) is 1. The molecule has 2 aliphatic heterocycles. The van der Waals surface area contributed by atoms with Crippen LogP contribution in [-0.4, -0.2) is 36.5 Å². The van der Waals surface area contributed by atoms with Crippen molar-refractivity contribution in [3.05, 3.63) is 0 Å². The highest BCUT2D eigenvalue weighted by atomic mass is 16.6. The SMILES string of the molecule is CONC(=O)CN1C2CCC1CC2. The van der Waals surface area contributed by atoms with Crippen molar-refractivity contribution in [1.29, 1.82) is 0 Å². The van der Waals surface area contributed by atoms with Gasteiger partial charge in [-0.15, -0.1) is 0 Å². The van der Waals surface area contributed by atoms with Crippen molar-refractivity contribution < 1.29 is 9.63 Å². The predicted octanol–water partition coefficient (Wildman–Crippen LogP) is 0.291. The molecule has 2 rings (SSSR count). The second-order valence-corrected chi connectivity index (χ2v) is 3.86. The molecule has 2 saturated heterocycles. The minimum absolute atomic E-state index is 0.0266. The van der Waals surface area contributed by atoms with Crippen LogP contribution in [0.5, 0.6) is 0 Å². The van der Waals surface area contributed by atoms with Crippen LogP contribution in [0.3, 0.4) is 0 Å². The standard InChI is InChI=1S/C9H16N2O2/c1-13-10-9(12)6-11-7-2-3-8(11)5-4-7/h7-8H,2-6H2,1H3,(H,10,12). The topological polar surface area (TPSA) is 41.6 Å². The molecule has 1 N–H and O–H groups in total. The van der Waals surface area contributed by atoms with Crippen LogP contribution in [0.4, 0.5) is 0 Å². The summed E-state index contributed by atoms with van der Waals surface area (Å²) in [5.74, 6) is -0.0266. The molecule has 13 heavy (non-hydrogen) atoms. The van der Waals surface area contributed by atoms with Crippen LogP contribution >= 0.6 is 0 Å². The molecule has 0 saturated carbocycles. The monoisotopic (exact) mass is 184 g/mol. The number of hydrogen-bond acceptors (Lipinski definition) is 3. The normalized spacial score (nSPS) is 32.4. The largest absolute Gasteiger partial charge is 0.288 e. The summed E-state index contributed by atoms with van der Waals surface area (Å²) in [5, 5.41) is 0. The van der Waals surface area contributed by atoms with E-state index in [4.69, 9.17) is 0 Å². The molecule has 2 fully saturated rings. The molecule has 0 aromatic heterocycles. The summed E-state index contributed by atoms with van der Waals surface area (Å²) in [5.41, 5.74) is 2.36. The number of carbonyl (C=O) groups is 1. The number of nitrogens with one attached hydrogen (secondary N) is 1. The molecule has 0 spiro atoms. The van der Waals surface area contributed by atoms with E-state index in [0.29, 0.717) is 18.6 Å². The van der Waals surface area contributed by atoms with E-state index in [-0.39, 0.29) is 5.91 Å². The van der Waals surface area contributed by atoms with Crippen LogP contribution in [0.1, 0.15) is 25.7 Å². The maximum absolute atomic E-state index is 11.2. The Kier molecular flexibility index (Phi) is 2.51. The first-order chi connectivity index (χ1) is 6.31. The van der Waals surface area contributed by atoms with Crippen LogP contribution < -0.4 is 5.48 Å². The summed E-state index contributed by atoms with van der Waals surface area (Å²) in [6, 6.07) is 1.32. The third-order valence-electron chi connectivity index (χ3n) is 3.15. The second kappa shape index (κ2) is 3.64. The van der Waals surface area contributed by atoms with Gasteiger partial charge >= 0.3 is 0 Å². The fourth-order valence-corrected chi connectivity index (χ4v) is 2.59. The lowest BCUT2D eigenvalue weighted by atomic mass is 10.0. The zero-order chi connectivity index (χ0) is 9.26. The summed E-state index contributed by atoms with van der Waals surface area (Å²) < 4.78 is 0. The molecule has 4 heteroatoms. The Bertz CT molecular complexity index is 188. The molecule has 74 valence electrons. The molecular formula is C9H16N2O2. The minimum Gasteiger partial charge on any atom is -0.288 e. The number of nitrogens with zero attached hydrogens (tertiary/aromatic N) is 1. The predicted molar refractivity (Wildman–Crippen MR) is 47.9 cm³/mol. The highest BCUT2D eigenvalue weighted by Gasteiger charge is 2.39. The Morgan fingerprint density at radius 3 is 2.38 bits per heavy atom. The van der Waals surface area contributed by atoms with Gasteiger partial charge in [0.2, 0.25) is 0 Å². The van der Waals surface area contributed by atoms with E-state index in [1.54, 1.807) is 0 Å². The Balaban J connectivity index is 1.85. The quantitative estimate of drug-likeness (QED) is 0.641. The van der Waals surface area contributed by atoms with Crippen molar-refractivity contribution in [2.45, 2.75) is 37.8 Å². The van der Waals surface area contributed by atoms with Gasteiger partial charge in [0.1, 0.15) is 0 Å². The van der Waals surface area contributed by atoms with Crippen LogP contribution in [0.15, 0.2) is 0 Å². The zero-order valence-corrected chi connectivity index (χ0v) is 7.95. The van der Waals surface area contributed by atoms with Gasteiger partial charge in [0.15, 0.2) is 0 Å². The van der Waals surface area contributed by atoms with Gasteiger partial charge in [-0.05, 0) is 25.7 Å². The molecule has 0 unspecified atom stereocenters. The number of hydroxylamine groups is 1. The van der Waals surface area contributed by atoms with E-state index in [1.165, 1.54) is 32.8 Å². The smallest absolute Gasteiger partial charge is 0.257 e. The number of carbonyl (C=O) groups excluding carboxylic acids is 1. The van der Waals surface area contributed by atoms with Crippen LogP contribution in [0.25, 0.3) is 0 Å². The molecule has 2 bridgehead atoms. The van der Waals surface area contributed by atoms with Gasteiger partial charge in [-0.25, -0.2) is 5.48 Å². The zero-order valence-electron chi connectivity index (χ0n) is 7.95. The first-order valence-electron chi connectivity index (χ1n) is 4.89. The molecule has 4 nitrogen and oxygen atoms in total. The summed E-state index contributed by atoms with van der Waals surface area (Å²) >= 11 is 0. The molecule has 0 aromatic carbocycles. The van der Waals surface area contributed by atoms with Crippen LogP contribution in [0.2, 0.25) is 0 Å². The van der Waals surface area contributed by atoms with Gasteiger partial charge in [0.05, 0.1) is 13.7 Å². The summed E-state index contributed by atoms with van der Waals surface area (Å²) in [6.07, 6.45) is 5.08. The summed E-state index contributed by atoms with van der Waals surface area (Å²) in [4.78, 5) is 18.1. The first-order valence-corrected chi connectivity index (χ1v) is 4.89. The Morgan fingerprint density at radius 2 is 1.92 bits per heavy atom. The van der Waals surface area contributed by atoms with Crippen LogP contribution in [0, 0.1) is 0 Å². The lowest BCUT2D eigenvalue weighted by Gasteiger charge is -2.20. The highest BCUT2D eigenvalue weighted by Crippen LogP contribution is 2.36. The Labute approximate surface area is 78.2 Å². The Hall–Kier alpha value is -0.610. The molecule has 0 atom stereocenters. The molecule has 0 aliphatic carbocycles. The lowest BCUT2D eigenvalue weighted by molar-refractivity contribution is -0.132. The third-order valence-corrected chi connectivity index (χ3v) is 3.15. The molecule has 1 amide bonds. The number of rotatable bonds is 3. The van der Waals surface area contributed by atoms with E-state index in [1.807, 2.05) is 0 Å². The maximum atomic E-state index is 11.2.